The third kappa shape index (κ3) is 20.4. The average Bonchev–Trinajstić information content (AvgIpc) is 3.27. The van der Waals surface area contributed by atoms with E-state index < -0.39 is 139 Å². The second-order valence-electron chi connectivity index (χ2n) is 17.8. The van der Waals surface area contributed by atoms with Gasteiger partial charge in [-0.05, 0) is 42.5 Å². The van der Waals surface area contributed by atoms with Crippen LogP contribution in [0.1, 0.15) is 68.7 Å². The Hall–Kier alpha value is -6.24. The summed E-state index contributed by atoms with van der Waals surface area (Å²) in [6.45, 7) is 6.18. The van der Waals surface area contributed by atoms with E-state index in [4.69, 9.17) is 5.73 Å². The molecule has 70 heavy (non-hydrogen) atoms. The minimum atomic E-state index is -1.86. The van der Waals surface area contributed by atoms with E-state index in [0.29, 0.717) is 22.8 Å². The second kappa shape index (κ2) is 28.4. The first-order valence-electron chi connectivity index (χ1n) is 22.4. The van der Waals surface area contributed by atoms with Crippen LogP contribution in [0, 0.1) is 12.3 Å². The Labute approximate surface area is 414 Å². The van der Waals surface area contributed by atoms with Gasteiger partial charge in [0.05, 0.1) is 31.5 Å². The fourth-order valence-electron chi connectivity index (χ4n) is 7.11. The number of nitrogens with one attached hydrogen (secondary N) is 8. The zero-order valence-electron chi connectivity index (χ0n) is 39.8. The first kappa shape index (κ1) is 58.1. The Morgan fingerprint density at radius 3 is 1.77 bits per heavy atom. The van der Waals surface area contributed by atoms with Crippen LogP contribution in [0.25, 0.3) is 0 Å². The molecule has 2 aromatic rings. The number of rotatable bonds is 11. The molecule has 0 saturated carbocycles. The van der Waals surface area contributed by atoms with Gasteiger partial charge in [-0.3, -0.25) is 47.9 Å². The SMILES string of the molecule is CN[C@@H]1CSCc2cc(C)cc(c2)CSC[C@H](CN)NC(=O)[C@@H](C(C)(C)C)NC(=O)[C@@H](CC(=O)O)NC(=O)CNC(=O)[C@@H](Cc2ccccc2)NC(=O)[C@@H](CC(=O)O)NC(=O)[C@@H](CCC(=O)O)NC1=O. The van der Waals surface area contributed by atoms with E-state index in [0.717, 1.165) is 16.7 Å². The number of carboxylic acid groups (broad SMARTS) is 3. The molecule has 0 aromatic heterocycles. The van der Waals surface area contributed by atoms with Gasteiger partial charge in [-0.1, -0.05) is 74.9 Å². The van der Waals surface area contributed by atoms with Crippen molar-refractivity contribution in [3.63, 3.8) is 0 Å². The largest absolute Gasteiger partial charge is 0.481 e. The maximum atomic E-state index is 13.9. The van der Waals surface area contributed by atoms with Crippen molar-refractivity contribution < 1.29 is 63.3 Å². The highest BCUT2D eigenvalue weighted by atomic mass is 32.2. The molecular formula is C46H65N9O13S2. The number of thioether (sulfide) groups is 2. The maximum absolute atomic E-state index is 13.9. The fourth-order valence-corrected chi connectivity index (χ4v) is 9.20. The topological polar surface area (TPSA) is 354 Å². The fraction of sp³-hybridized carbons (Fsp3) is 0.522. The molecule has 0 unspecified atom stereocenters. The van der Waals surface area contributed by atoms with Crippen LogP contribution in [0.2, 0.25) is 0 Å². The third-order valence-electron chi connectivity index (χ3n) is 10.7. The maximum Gasteiger partial charge on any atom is 0.305 e. The molecule has 0 saturated heterocycles. The van der Waals surface area contributed by atoms with E-state index in [9.17, 15) is 63.3 Å². The number of aliphatic carboxylic acids is 3. The molecular weight excluding hydrogens is 951 g/mol. The lowest BCUT2D eigenvalue weighted by atomic mass is 9.85. The first-order valence-corrected chi connectivity index (χ1v) is 24.7. The van der Waals surface area contributed by atoms with E-state index in [1.54, 1.807) is 51.1 Å². The van der Waals surface area contributed by atoms with Crippen molar-refractivity contribution in [2.45, 2.75) is 114 Å². The monoisotopic (exact) mass is 1020 g/mol. The number of hydrogen-bond acceptors (Lipinski definition) is 14. The van der Waals surface area contributed by atoms with Gasteiger partial charge in [0.15, 0.2) is 0 Å². The Balaban J connectivity index is 2.03. The summed E-state index contributed by atoms with van der Waals surface area (Å²) in [5.41, 5.74) is 8.55. The molecule has 7 atom stereocenters. The predicted octanol–water partition coefficient (Wildman–Crippen LogP) is -0.850. The lowest BCUT2D eigenvalue weighted by molar-refractivity contribution is -0.142. The number of benzene rings is 2. The number of fused-ring (bicyclic) bond motifs is 2. The van der Waals surface area contributed by atoms with Gasteiger partial charge in [-0.25, -0.2) is 0 Å². The minimum Gasteiger partial charge on any atom is -0.481 e. The number of carbonyl (C=O) groups excluding carboxylic acids is 7. The highest BCUT2D eigenvalue weighted by Crippen LogP contribution is 2.23. The second-order valence-corrected chi connectivity index (χ2v) is 19.8. The first-order chi connectivity index (χ1) is 33.0. The van der Waals surface area contributed by atoms with Crippen molar-refractivity contribution in [1.29, 1.82) is 0 Å². The standard InChI is InChI=1S/C46H65N9O13S2/c1-25-13-27-15-28(14-25)22-70-24-34(48-5)44(67)52-30(11-12-36(57)58)41(64)54-33(18-38(61)62)42(65)53-31(16-26-9-7-6-8-10-26)40(63)49-20-35(56)51-32(17-37(59)60)43(66)55-39(46(2,3)4)45(68)50-29(19-47)23-69-21-27/h6-10,13-15,29-34,39,48H,11-12,16-24,47H2,1-5H3,(H,49,63)(H,50,68)(H,51,56)(H,52,67)(H,53,65)(H,54,64)(H,55,66)(H,57,58)(H,59,60)(H,61,62)/t29-,30+,31+,32+,33+,34+,39-/m0/s1. The zero-order chi connectivity index (χ0) is 52.1. The van der Waals surface area contributed by atoms with Crippen molar-refractivity contribution in [3.05, 3.63) is 70.8 Å². The number of carbonyl (C=O) groups is 10. The van der Waals surface area contributed by atoms with Gasteiger partial charge in [0.1, 0.15) is 30.2 Å². The van der Waals surface area contributed by atoms with Crippen molar-refractivity contribution in [2.75, 3.05) is 31.6 Å². The van der Waals surface area contributed by atoms with Gasteiger partial charge in [0.2, 0.25) is 41.4 Å². The molecule has 2 aromatic carbocycles. The summed E-state index contributed by atoms with van der Waals surface area (Å²) in [7, 11) is 1.53. The molecule has 1 heterocycles. The Morgan fingerprint density at radius 1 is 0.671 bits per heavy atom. The van der Waals surface area contributed by atoms with E-state index in [-0.39, 0.29) is 18.7 Å². The molecule has 2 bridgehead atoms. The number of aryl methyl sites for hydroxylation is 1. The summed E-state index contributed by atoms with van der Waals surface area (Å²) in [6.07, 6.45) is -3.16. The van der Waals surface area contributed by atoms with Crippen molar-refractivity contribution in [1.82, 2.24) is 42.5 Å². The molecule has 384 valence electrons. The van der Waals surface area contributed by atoms with E-state index in [2.05, 4.69) is 42.5 Å². The number of likely N-dealkylation sites (N-methyl/N-ethyl adjacent to an activating group) is 1. The van der Waals surface area contributed by atoms with Gasteiger partial charge in [-0.15, -0.1) is 0 Å². The van der Waals surface area contributed by atoms with E-state index >= 15 is 0 Å². The molecule has 1 aliphatic heterocycles. The summed E-state index contributed by atoms with van der Waals surface area (Å²) < 4.78 is 0. The van der Waals surface area contributed by atoms with Crippen LogP contribution < -0.4 is 48.3 Å². The summed E-state index contributed by atoms with van der Waals surface area (Å²) >= 11 is 2.91. The molecule has 7 amide bonds. The van der Waals surface area contributed by atoms with Crippen LogP contribution in [-0.2, 0) is 65.9 Å². The van der Waals surface area contributed by atoms with Crippen LogP contribution in [-0.4, -0.2) is 149 Å². The minimum absolute atomic E-state index is 0.0483. The lowest BCUT2D eigenvalue weighted by Gasteiger charge is -2.33. The van der Waals surface area contributed by atoms with Crippen LogP contribution in [0.3, 0.4) is 0 Å². The highest BCUT2D eigenvalue weighted by Gasteiger charge is 2.37. The van der Waals surface area contributed by atoms with Crippen LogP contribution in [0.4, 0.5) is 0 Å². The van der Waals surface area contributed by atoms with Gasteiger partial charge in [0.25, 0.3) is 0 Å². The summed E-state index contributed by atoms with van der Waals surface area (Å²) in [6, 6.07) is 4.89. The third-order valence-corrected chi connectivity index (χ3v) is 13.0. The summed E-state index contributed by atoms with van der Waals surface area (Å²) in [5.74, 6) is -9.25. The Kier molecular flexibility index (Phi) is 23.6. The molecule has 13 N–H and O–H groups in total. The molecule has 22 nitrogen and oxygen atoms in total. The lowest BCUT2D eigenvalue weighted by Crippen LogP contribution is -2.60. The predicted molar refractivity (Wildman–Crippen MR) is 261 cm³/mol. The Bertz CT molecular complexity index is 2200. The van der Waals surface area contributed by atoms with E-state index in [1.807, 2.05) is 25.1 Å². The van der Waals surface area contributed by atoms with Crippen molar-refractivity contribution in [3.8, 4) is 0 Å². The molecule has 24 heteroatoms. The molecule has 0 radical (unpaired) electrons. The smallest absolute Gasteiger partial charge is 0.305 e. The van der Waals surface area contributed by atoms with Crippen LogP contribution in [0.5, 0.6) is 0 Å². The Morgan fingerprint density at radius 2 is 1.21 bits per heavy atom. The van der Waals surface area contributed by atoms with E-state index in [1.165, 1.54) is 30.6 Å². The van der Waals surface area contributed by atoms with Crippen molar-refractivity contribution >= 4 is 82.8 Å². The molecule has 3 rings (SSSR count). The average molecular weight is 1020 g/mol. The summed E-state index contributed by atoms with van der Waals surface area (Å²) in [4.78, 5) is 131. The molecule has 1 aliphatic rings. The normalized spacial score (nSPS) is 23.6. The number of nitrogens with two attached hydrogens (primary N) is 1. The van der Waals surface area contributed by atoms with Gasteiger partial charge in [0, 0.05) is 42.4 Å². The van der Waals surface area contributed by atoms with Crippen LogP contribution in [0.15, 0.2) is 48.5 Å². The molecule has 0 fully saturated rings. The van der Waals surface area contributed by atoms with Crippen LogP contribution >= 0.6 is 23.5 Å². The van der Waals surface area contributed by atoms with Gasteiger partial charge >= 0.3 is 17.9 Å². The quantitative estimate of drug-likeness (QED) is 0.130. The van der Waals surface area contributed by atoms with Gasteiger partial charge < -0.3 is 63.6 Å². The number of hydrogen-bond donors (Lipinski definition) is 12. The number of amides is 7. The molecule has 0 spiro atoms. The molecule has 0 aliphatic carbocycles. The highest BCUT2D eigenvalue weighted by molar-refractivity contribution is 7.98. The van der Waals surface area contributed by atoms with Crippen molar-refractivity contribution in [2.24, 2.45) is 11.1 Å². The summed E-state index contributed by atoms with van der Waals surface area (Å²) in [5, 5.41) is 49.1. The zero-order valence-corrected chi connectivity index (χ0v) is 41.4. The van der Waals surface area contributed by atoms with Gasteiger partial charge in [-0.2, -0.15) is 23.5 Å². The number of carboxylic acids is 3.